The highest BCUT2D eigenvalue weighted by Crippen LogP contribution is 2.29. The number of rotatable bonds is 8. The Balaban J connectivity index is 2.06. The van der Waals surface area contributed by atoms with Crippen LogP contribution in [0.25, 0.3) is 0 Å². The molecule has 1 rings (SSSR count). The Bertz CT molecular complexity index is 155. The van der Waals surface area contributed by atoms with Gasteiger partial charge in [-0.3, -0.25) is 0 Å². The van der Waals surface area contributed by atoms with Crippen molar-refractivity contribution in [1.29, 1.82) is 0 Å². The predicted octanol–water partition coefficient (Wildman–Crippen LogP) is 2.35. The van der Waals surface area contributed by atoms with Crippen molar-refractivity contribution in [3.63, 3.8) is 0 Å². The van der Waals surface area contributed by atoms with Gasteiger partial charge in [-0.1, -0.05) is 32.6 Å². The van der Waals surface area contributed by atoms with Gasteiger partial charge in [-0.25, -0.2) is 0 Å². The first-order chi connectivity index (χ1) is 7.26. The molecule has 15 heavy (non-hydrogen) atoms. The van der Waals surface area contributed by atoms with Gasteiger partial charge >= 0.3 is 0 Å². The Hall–Kier alpha value is -0.0800. The van der Waals surface area contributed by atoms with Crippen LogP contribution in [0.15, 0.2) is 0 Å². The molecule has 1 saturated carbocycles. The number of nitrogens with zero attached hydrogens (tertiary/aromatic N) is 1. The average molecular weight is 212 g/mol. The van der Waals surface area contributed by atoms with Crippen molar-refractivity contribution in [2.24, 2.45) is 11.8 Å². The van der Waals surface area contributed by atoms with Gasteiger partial charge in [0.1, 0.15) is 0 Å². The lowest BCUT2D eigenvalue weighted by atomic mass is 9.83. The number of nitrogens with one attached hydrogen (secondary N) is 1. The van der Waals surface area contributed by atoms with Crippen LogP contribution in [-0.2, 0) is 0 Å². The Labute approximate surface area is 95.4 Å². The molecule has 1 fully saturated rings. The summed E-state index contributed by atoms with van der Waals surface area (Å²) in [5.74, 6) is 1.87. The van der Waals surface area contributed by atoms with Gasteiger partial charge in [0.2, 0.25) is 0 Å². The average Bonchev–Trinajstić information content (AvgIpc) is 2.14. The zero-order valence-corrected chi connectivity index (χ0v) is 10.8. The highest BCUT2D eigenvalue weighted by Gasteiger charge is 2.18. The van der Waals surface area contributed by atoms with Gasteiger partial charge in [-0.2, -0.15) is 0 Å². The normalized spacial score (nSPS) is 19.2. The Kier molecular flexibility index (Phi) is 6.26. The summed E-state index contributed by atoms with van der Waals surface area (Å²) in [5, 5.41) is 3.28. The van der Waals surface area contributed by atoms with Crippen molar-refractivity contribution >= 4 is 0 Å². The molecule has 0 aromatic rings. The van der Waals surface area contributed by atoms with Crippen LogP contribution < -0.4 is 5.32 Å². The Morgan fingerprint density at radius 1 is 1.40 bits per heavy atom. The van der Waals surface area contributed by atoms with E-state index in [4.69, 9.17) is 0 Å². The van der Waals surface area contributed by atoms with E-state index in [9.17, 15) is 0 Å². The van der Waals surface area contributed by atoms with Gasteiger partial charge in [0, 0.05) is 6.54 Å². The summed E-state index contributed by atoms with van der Waals surface area (Å²) < 4.78 is 0. The van der Waals surface area contributed by atoms with E-state index < -0.39 is 0 Å². The predicted molar refractivity (Wildman–Crippen MR) is 67.2 cm³/mol. The van der Waals surface area contributed by atoms with E-state index in [1.54, 1.807) is 0 Å². The van der Waals surface area contributed by atoms with Crippen LogP contribution in [0.3, 0.4) is 0 Å². The highest BCUT2D eigenvalue weighted by molar-refractivity contribution is 4.71. The first-order valence-electron chi connectivity index (χ1n) is 6.59. The molecular weight excluding hydrogens is 184 g/mol. The van der Waals surface area contributed by atoms with E-state index in [-0.39, 0.29) is 0 Å². The van der Waals surface area contributed by atoms with E-state index in [0.717, 1.165) is 18.4 Å². The molecule has 1 aliphatic carbocycles. The quantitative estimate of drug-likeness (QED) is 0.664. The van der Waals surface area contributed by atoms with Crippen LogP contribution in [-0.4, -0.2) is 38.6 Å². The maximum atomic E-state index is 3.28. The summed E-state index contributed by atoms with van der Waals surface area (Å²) in [4.78, 5) is 2.52. The third kappa shape index (κ3) is 4.98. The van der Waals surface area contributed by atoms with Gasteiger partial charge in [0.05, 0.1) is 0 Å². The lowest BCUT2D eigenvalue weighted by Crippen LogP contribution is -2.32. The van der Waals surface area contributed by atoms with Crippen LogP contribution >= 0.6 is 0 Å². The summed E-state index contributed by atoms with van der Waals surface area (Å²) in [7, 11) is 4.33. The molecule has 1 N–H and O–H groups in total. The molecule has 0 saturated heterocycles. The fourth-order valence-corrected chi connectivity index (χ4v) is 2.34. The van der Waals surface area contributed by atoms with Crippen molar-refractivity contribution in [2.45, 2.75) is 39.0 Å². The Morgan fingerprint density at radius 2 is 2.13 bits per heavy atom. The third-order valence-corrected chi connectivity index (χ3v) is 3.78. The van der Waals surface area contributed by atoms with Gasteiger partial charge in [0.15, 0.2) is 0 Å². The molecule has 0 heterocycles. The van der Waals surface area contributed by atoms with E-state index in [1.807, 2.05) is 0 Å². The molecule has 1 unspecified atom stereocenters. The molecule has 0 radical (unpaired) electrons. The molecule has 1 aliphatic rings. The molecule has 0 aliphatic heterocycles. The lowest BCUT2D eigenvalue weighted by Gasteiger charge is -2.29. The smallest absolute Gasteiger partial charge is 0.00186 e. The molecule has 0 bridgehead atoms. The highest BCUT2D eigenvalue weighted by atomic mass is 15.1. The zero-order chi connectivity index (χ0) is 11.1. The van der Waals surface area contributed by atoms with E-state index in [1.165, 1.54) is 45.2 Å². The first-order valence-corrected chi connectivity index (χ1v) is 6.59. The van der Waals surface area contributed by atoms with Crippen molar-refractivity contribution in [2.75, 3.05) is 33.7 Å². The fourth-order valence-electron chi connectivity index (χ4n) is 2.34. The molecule has 2 heteroatoms. The third-order valence-electron chi connectivity index (χ3n) is 3.78. The minimum atomic E-state index is 0.821. The molecule has 2 nitrogen and oxygen atoms in total. The van der Waals surface area contributed by atoms with E-state index >= 15 is 0 Å². The van der Waals surface area contributed by atoms with E-state index in [2.05, 4.69) is 31.2 Å². The van der Waals surface area contributed by atoms with Gasteiger partial charge in [0.25, 0.3) is 0 Å². The van der Waals surface area contributed by atoms with Crippen LogP contribution in [0.4, 0.5) is 0 Å². The standard InChI is InChI=1S/C13H28N2/c1-4-12(10-14-2)11-15(3)9-8-13-6-5-7-13/h12-14H,4-11H2,1-3H3. The van der Waals surface area contributed by atoms with Crippen molar-refractivity contribution < 1.29 is 0 Å². The summed E-state index contributed by atoms with van der Waals surface area (Å²) in [6.45, 7) is 6.00. The van der Waals surface area contributed by atoms with Gasteiger partial charge in [-0.15, -0.1) is 0 Å². The zero-order valence-electron chi connectivity index (χ0n) is 10.8. The number of hydrogen-bond acceptors (Lipinski definition) is 2. The topological polar surface area (TPSA) is 15.3 Å². The van der Waals surface area contributed by atoms with E-state index in [0.29, 0.717) is 0 Å². The molecule has 0 aromatic carbocycles. The van der Waals surface area contributed by atoms with Crippen LogP contribution in [0.1, 0.15) is 39.0 Å². The number of hydrogen-bond donors (Lipinski definition) is 1. The van der Waals surface area contributed by atoms with Crippen LogP contribution in [0.2, 0.25) is 0 Å². The summed E-state index contributed by atoms with van der Waals surface area (Å²) in [6, 6.07) is 0. The molecule has 0 spiro atoms. The molecular formula is C13H28N2. The first kappa shape index (κ1) is 13.0. The molecule has 0 aromatic heterocycles. The molecule has 0 amide bonds. The second-order valence-corrected chi connectivity index (χ2v) is 5.18. The SMILES string of the molecule is CCC(CNC)CN(C)CCC1CCC1. The Morgan fingerprint density at radius 3 is 2.60 bits per heavy atom. The molecule has 90 valence electrons. The van der Waals surface area contributed by atoms with Gasteiger partial charge in [-0.05, 0) is 45.4 Å². The largest absolute Gasteiger partial charge is 0.319 e. The van der Waals surface area contributed by atoms with Gasteiger partial charge < -0.3 is 10.2 Å². The molecule has 1 atom stereocenters. The summed E-state index contributed by atoms with van der Waals surface area (Å²) >= 11 is 0. The minimum Gasteiger partial charge on any atom is -0.319 e. The van der Waals surface area contributed by atoms with Crippen molar-refractivity contribution in [3.8, 4) is 0 Å². The maximum Gasteiger partial charge on any atom is 0.00186 e. The minimum absolute atomic E-state index is 0.821. The maximum absolute atomic E-state index is 3.28. The van der Waals surface area contributed by atoms with Crippen LogP contribution in [0.5, 0.6) is 0 Å². The second-order valence-electron chi connectivity index (χ2n) is 5.18. The fraction of sp³-hybridized carbons (Fsp3) is 1.00. The van der Waals surface area contributed by atoms with Crippen molar-refractivity contribution in [3.05, 3.63) is 0 Å². The summed E-state index contributed by atoms with van der Waals surface area (Å²) in [6.07, 6.45) is 7.16. The van der Waals surface area contributed by atoms with Crippen LogP contribution in [0, 0.1) is 11.8 Å². The van der Waals surface area contributed by atoms with Crippen molar-refractivity contribution in [1.82, 2.24) is 10.2 Å². The monoisotopic (exact) mass is 212 g/mol. The summed E-state index contributed by atoms with van der Waals surface area (Å²) in [5.41, 5.74) is 0. The lowest BCUT2D eigenvalue weighted by molar-refractivity contribution is 0.216. The second kappa shape index (κ2) is 7.24.